The first kappa shape index (κ1) is 18.8. The molecule has 9 nitrogen and oxygen atoms in total. The zero-order valence-electron chi connectivity index (χ0n) is 11.2. The third-order valence-electron chi connectivity index (χ3n) is 2.85. The summed E-state index contributed by atoms with van der Waals surface area (Å²) >= 11 is 0. The molecule has 0 atom stereocenters. The molecule has 9 heteroatoms. The normalized spacial score (nSPS) is 14.5. The first-order valence-electron chi connectivity index (χ1n) is 6.17. The van der Waals surface area contributed by atoms with E-state index in [9.17, 15) is 19.2 Å². The number of aliphatic imine (C=N–C) groups is 1. The molecule has 1 aliphatic rings. The van der Waals surface area contributed by atoms with E-state index in [1.165, 1.54) is 12.8 Å². The SMILES string of the molecule is O=C(O)CC(O)(CC(=O)O)C(=O)O.O=C=NC1CCCC1. The van der Waals surface area contributed by atoms with Gasteiger partial charge in [-0.3, -0.25) is 9.59 Å². The van der Waals surface area contributed by atoms with E-state index >= 15 is 0 Å². The monoisotopic (exact) mass is 303 g/mol. The molecule has 0 unspecified atom stereocenters. The summed E-state index contributed by atoms with van der Waals surface area (Å²) in [4.78, 5) is 43.8. The fraction of sp³-hybridized carbons (Fsp3) is 0.667. The zero-order valence-corrected chi connectivity index (χ0v) is 11.2. The average Bonchev–Trinajstić information content (AvgIpc) is 2.80. The van der Waals surface area contributed by atoms with Crippen molar-refractivity contribution in [3.05, 3.63) is 0 Å². The molecule has 0 spiro atoms. The molecule has 0 bridgehead atoms. The standard InChI is InChI=1S/C6H9NO.C6H8O7/c8-5-7-6-3-1-2-4-6;7-3(8)1-6(13,5(11)12)2-4(9)10/h6H,1-4H2;13H,1-2H2,(H,7,8)(H,9,10)(H,11,12). The Balaban J connectivity index is 0.000000423. The molecule has 0 aliphatic heterocycles. The summed E-state index contributed by atoms with van der Waals surface area (Å²) in [6.45, 7) is 0. The molecule has 0 aromatic carbocycles. The number of carbonyl (C=O) groups is 3. The number of nitrogens with zero attached hydrogens (tertiary/aromatic N) is 1. The Morgan fingerprint density at radius 3 is 1.76 bits per heavy atom. The minimum Gasteiger partial charge on any atom is -0.481 e. The molecule has 0 amide bonds. The molecule has 21 heavy (non-hydrogen) atoms. The van der Waals surface area contributed by atoms with Gasteiger partial charge in [-0.15, -0.1) is 0 Å². The van der Waals surface area contributed by atoms with Crippen LogP contribution in [0.3, 0.4) is 0 Å². The van der Waals surface area contributed by atoms with Gasteiger partial charge in [0.05, 0.1) is 18.9 Å². The Labute approximate surface area is 119 Å². The van der Waals surface area contributed by atoms with Crippen LogP contribution in [0, 0.1) is 0 Å². The van der Waals surface area contributed by atoms with Crippen molar-refractivity contribution < 1.29 is 39.6 Å². The van der Waals surface area contributed by atoms with E-state index in [0.29, 0.717) is 6.04 Å². The van der Waals surface area contributed by atoms with Gasteiger partial charge in [-0.2, -0.15) is 0 Å². The van der Waals surface area contributed by atoms with Gasteiger partial charge in [-0.25, -0.2) is 14.6 Å². The third kappa shape index (κ3) is 7.81. The van der Waals surface area contributed by atoms with Gasteiger partial charge < -0.3 is 20.4 Å². The van der Waals surface area contributed by atoms with Crippen LogP contribution in [0.5, 0.6) is 0 Å². The van der Waals surface area contributed by atoms with E-state index in [1.807, 2.05) is 0 Å². The molecule has 0 saturated heterocycles. The largest absolute Gasteiger partial charge is 0.481 e. The lowest BCUT2D eigenvalue weighted by Gasteiger charge is -2.18. The highest BCUT2D eigenvalue weighted by molar-refractivity contribution is 5.88. The summed E-state index contributed by atoms with van der Waals surface area (Å²) in [5, 5.41) is 33.8. The molecule has 118 valence electrons. The predicted molar refractivity (Wildman–Crippen MR) is 67.5 cm³/mol. The molecule has 1 saturated carbocycles. The third-order valence-corrected chi connectivity index (χ3v) is 2.85. The number of rotatable bonds is 6. The highest BCUT2D eigenvalue weighted by Crippen LogP contribution is 2.19. The van der Waals surface area contributed by atoms with Gasteiger partial charge in [0.15, 0.2) is 5.60 Å². The second-order valence-corrected chi connectivity index (χ2v) is 4.64. The Morgan fingerprint density at radius 1 is 1.05 bits per heavy atom. The Hall–Kier alpha value is -2.25. The number of carboxylic acids is 3. The lowest BCUT2D eigenvalue weighted by Crippen LogP contribution is -2.42. The molecule has 0 aromatic heterocycles. The number of aliphatic carboxylic acids is 3. The first-order valence-corrected chi connectivity index (χ1v) is 6.17. The summed E-state index contributed by atoms with van der Waals surface area (Å²) in [7, 11) is 0. The minimum atomic E-state index is -2.74. The molecule has 0 heterocycles. The van der Waals surface area contributed by atoms with Crippen LogP contribution in [0.4, 0.5) is 0 Å². The van der Waals surface area contributed by atoms with E-state index < -0.39 is 36.4 Å². The van der Waals surface area contributed by atoms with Crippen molar-refractivity contribution in [3.8, 4) is 0 Å². The maximum absolute atomic E-state index is 10.3. The van der Waals surface area contributed by atoms with Crippen molar-refractivity contribution in [2.75, 3.05) is 0 Å². The van der Waals surface area contributed by atoms with Gasteiger partial charge in [0, 0.05) is 0 Å². The average molecular weight is 303 g/mol. The summed E-state index contributed by atoms with van der Waals surface area (Å²) in [5.41, 5.74) is -2.74. The van der Waals surface area contributed by atoms with Gasteiger partial charge in [0.25, 0.3) is 0 Å². The molecule has 0 radical (unpaired) electrons. The molecule has 0 aromatic rings. The van der Waals surface area contributed by atoms with Crippen molar-refractivity contribution in [3.63, 3.8) is 0 Å². The van der Waals surface area contributed by atoms with Crippen molar-refractivity contribution in [2.45, 2.75) is 50.2 Å². The molecule has 1 rings (SSSR count). The van der Waals surface area contributed by atoms with Crippen molar-refractivity contribution in [1.29, 1.82) is 0 Å². The van der Waals surface area contributed by atoms with E-state index in [1.54, 1.807) is 6.08 Å². The predicted octanol–water partition coefficient (Wildman–Crippen LogP) is 0.0163. The Morgan fingerprint density at radius 2 is 1.48 bits per heavy atom. The van der Waals surface area contributed by atoms with Crippen LogP contribution < -0.4 is 0 Å². The van der Waals surface area contributed by atoms with Crippen molar-refractivity contribution >= 4 is 24.0 Å². The second-order valence-electron chi connectivity index (χ2n) is 4.64. The van der Waals surface area contributed by atoms with E-state index in [-0.39, 0.29) is 0 Å². The molecular formula is C12H17NO8. The number of carboxylic acid groups (broad SMARTS) is 3. The maximum atomic E-state index is 10.3. The van der Waals surface area contributed by atoms with Crippen LogP contribution >= 0.6 is 0 Å². The topological polar surface area (TPSA) is 162 Å². The maximum Gasteiger partial charge on any atom is 0.336 e. The van der Waals surface area contributed by atoms with Crippen LogP contribution in [0.25, 0.3) is 0 Å². The van der Waals surface area contributed by atoms with Crippen LogP contribution in [0.15, 0.2) is 4.99 Å². The quantitative estimate of drug-likeness (QED) is 0.394. The number of aliphatic hydroxyl groups is 1. The fourth-order valence-electron chi connectivity index (χ4n) is 1.82. The second kappa shape index (κ2) is 8.83. The fourth-order valence-corrected chi connectivity index (χ4v) is 1.82. The van der Waals surface area contributed by atoms with Gasteiger partial charge in [-0.1, -0.05) is 12.8 Å². The number of isocyanates is 1. The summed E-state index contributed by atoms with van der Waals surface area (Å²) in [6, 6.07) is 0.312. The highest BCUT2D eigenvalue weighted by atomic mass is 16.4. The zero-order chi connectivity index (χ0) is 16.5. The number of carbonyl (C=O) groups excluding carboxylic acids is 1. The summed E-state index contributed by atoms with van der Waals surface area (Å²) in [6.07, 6.45) is 3.95. The van der Waals surface area contributed by atoms with Gasteiger partial charge in [-0.05, 0) is 12.8 Å². The van der Waals surface area contributed by atoms with Crippen LogP contribution in [-0.4, -0.2) is 56.1 Å². The molecular weight excluding hydrogens is 286 g/mol. The highest BCUT2D eigenvalue weighted by Gasteiger charge is 2.40. The van der Waals surface area contributed by atoms with Gasteiger partial charge >= 0.3 is 17.9 Å². The minimum absolute atomic E-state index is 0.312. The van der Waals surface area contributed by atoms with E-state index in [0.717, 1.165) is 12.8 Å². The summed E-state index contributed by atoms with van der Waals surface area (Å²) < 4.78 is 0. The Bertz CT molecular complexity index is 419. The Kier molecular flexibility index (Phi) is 7.88. The molecule has 1 aliphatic carbocycles. The van der Waals surface area contributed by atoms with Crippen LogP contribution in [0.1, 0.15) is 38.5 Å². The van der Waals surface area contributed by atoms with Crippen molar-refractivity contribution in [1.82, 2.24) is 0 Å². The molecule has 4 N–H and O–H groups in total. The first-order chi connectivity index (χ1) is 9.71. The van der Waals surface area contributed by atoms with Gasteiger partial charge in [0.2, 0.25) is 6.08 Å². The van der Waals surface area contributed by atoms with Crippen molar-refractivity contribution in [2.24, 2.45) is 4.99 Å². The van der Waals surface area contributed by atoms with Gasteiger partial charge in [0.1, 0.15) is 0 Å². The number of hydrogen-bond acceptors (Lipinski definition) is 6. The molecule has 1 fully saturated rings. The lowest BCUT2D eigenvalue weighted by molar-refractivity contribution is -0.170. The van der Waals surface area contributed by atoms with E-state index in [4.69, 9.17) is 20.4 Å². The summed E-state index contributed by atoms with van der Waals surface area (Å²) in [5.74, 6) is -5.02. The smallest absolute Gasteiger partial charge is 0.336 e. The van der Waals surface area contributed by atoms with Crippen LogP contribution in [0.2, 0.25) is 0 Å². The van der Waals surface area contributed by atoms with Crippen LogP contribution in [-0.2, 0) is 19.2 Å². The number of hydrogen-bond donors (Lipinski definition) is 4. The lowest BCUT2D eigenvalue weighted by atomic mass is 9.96. The van der Waals surface area contributed by atoms with E-state index in [2.05, 4.69) is 4.99 Å².